The Bertz CT molecular complexity index is 1200. The summed E-state index contributed by atoms with van der Waals surface area (Å²) in [5, 5.41) is 28.6. The van der Waals surface area contributed by atoms with Gasteiger partial charge in [-0.2, -0.15) is 5.21 Å². The molecule has 1 aromatic heterocycles. The Balaban J connectivity index is 2.17. The molecule has 1 saturated heterocycles. The topological polar surface area (TPSA) is 236 Å². The van der Waals surface area contributed by atoms with Crippen LogP contribution in [0.3, 0.4) is 0 Å². The highest BCUT2D eigenvalue weighted by molar-refractivity contribution is 7.92. The molecule has 182 valence electrons. The highest BCUT2D eigenvalue weighted by Gasteiger charge is 2.33. The first-order chi connectivity index (χ1) is 15.6. The van der Waals surface area contributed by atoms with Gasteiger partial charge in [-0.25, -0.2) is 26.7 Å². The Labute approximate surface area is 191 Å². The van der Waals surface area contributed by atoms with Crippen molar-refractivity contribution in [1.82, 2.24) is 25.3 Å². The third-order valence-electron chi connectivity index (χ3n) is 5.18. The second-order valence-electron chi connectivity index (χ2n) is 7.39. The number of hydrogen-bond acceptors (Lipinski definition) is 11. The summed E-state index contributed by atoms with van der Waals surface area (Å²) >= 11 is 0. The van der Waals surface area contributed by atoms with Crippen molar-refractivity contribution in [3.63, 3.8) is 0 Å². The molecule has 16 heteroatoms. The smallest absolute Gasteiger partial charge is 0.242 e. The molecular weight excluding hydrogens is 474 g/mol. The van der Waals surface area contributed by atoms with Gasteiger partial charge >= 0.3 is 0 Å². The van der Waals surface area contributed by atoms with E-state index in [1.165, 1.54) is 11.6 Å². The van der Waals surface area contributed by atoms with Crippen LogP contribution in [0.4, 0.5) is 5.69 Å². The molecule has 1 aliphatic rings. The van der Waals surface area contributed by atoms with E-state index >= 15 is 0 Å². The summed E-state index contributed by atoms with van der Waals surface area (Å²) in [6, 6.07) is 2.63. The van der Waals surface area contributed by atoms with Crippen LogP contribution < -0.4 is 26.2 Å². The summed E-state index contributed by atoms with van der Waals surface area (Å²) in [6.07, 6.45) is 2.20. The lowest BCUT2D eigenvalue weighted by Gasteiger charge is -2.32. The molecule has 3 rings (SSSR count). The van der Waals surface area contributed by atoms with Crippen molar-refractivity contribution in [1.29, 1.82) is 0 Å². The lowest BCUT2D eigenvalue weighted by Crippen LogP contribution is -2.37. The maximum Gasteiger partial charge on any atom is 0.242 e. The molecule has 0 aliphatic carbocycles. The SMILES string of the molecule is NCC=C1CCN(c2ccc(S(=O)(=O)NC[C@H](O)CN)c(S(N)(=O)=O)c2-c2nn[nH]n2)CC1. The molecule has 0 bridgehead atoms. The van der Waals surface area contributed by atoms with E-state index in [1.54, 1.807) is 0 Å². The van der Waals surface area contributed by atoms with E-state index in [0.29, 0.717) is 38.2 Å². The number of tetrazole rings is 1. The number of anilines is 1. The zero-order valence-electron chi connectivity index (χ0n) is 17.7. The first kappa shape index (κ1) is 25.2. The molecule has 1 aliphatic heterocycles. The minimum absolute atomic E-state index is 0.0836. The number of aromatic nitrogens is 4. The van der Waals surface area contributed by atoms with Crippen LogP contribution in [0.1, 0.15) is 12.8 Å². The second kappa shape index (κ2) is 10.2. The van der Waals surface area contributed by atoms with Crippen LogP contribution >= 0.6 is 0 Å². The van der Waals surface area contributed by atoms with Gasteiger partial charge in [0.2, 0.25) is 25.9 Å². The van der Waals surface area contributed by atoms with Crippen molar-refractivity contribution in [3.05, 3.63) is 23.8 Å². The van der Waals surface area contributed by atoms with Gasteiger partial charge in [-0.15, -0.1) is 10.2 Å². The van der Waals surface area contributed by atoms with E-state index in [2.05, 4.69) is 25.3 Å². The molecule has 33 heavy (non-hydrogen) atoms. The van der Waals surface area contributed by atoms with Gasteiger partial charge in [0.1, 0.15) is 9.79 Å². The number of aromatic amines is 1. The minimum atomic E-state index is -4.58. The van der Waals surface area contributed by atoms with Crippen molar-refractivity contribution in [2.75, 3.05) is 37.6 Å². The molecule has 1 fully saturated rings. The largest absolute Gasteiger partial charge is 0.390 e. The van der Waals surface area contributed by atoms with Crippen LogP contribution in [0.2, 0.25) is 0 Å². The van der Waals surface area contributed by atoms with Crippen LogP contribution in [0.25, 0.3) is 11.4 Å². The standard InChI is InChI=1S/C17H27N9O5S2/c18-6-3-11-4-7-26(8-5-11)13-1-2-14(33(30,31)21-10-12(27)9-19)16(32(20,28)29)15(13)17-22-24-25-23-17/h1-3,12,21,27H,4-10,18-19H2,(H2,20,28,29)(H,22,23,24,25)/t12-/m1/s1. The number of nitrogens with two attached hydrogens (primary N) is 3. The van der Waals surface area contributed by atoms with Crippen molar-refractivity contribution in [2.45, 2.75) is 28.7 Å². The molecule has 1 aromatic carbocycles. The van der Waals surface area contributed by atoms with Crippen LogP contribution in [-0.2, 0) is 20.0 Å². The van der Waals surface area contributed by atoms with Crippen LogP contribution in [0, 0.1) is 0 Å². The van der Waals surface area contributed by atoms with Crippen LogP contribution in [0.5, 0.6) is 0 Å². The molecule has 0 spiro atoms. The minimum Gasteiger partial charge on any atom is -0.390 e. The van der Waals surface area contributed by atoms with Gasteiger partial charge in [0.25, 0.3) is 0 Å². The molecule has 1 atom stereocenters. The van der Waals surface area contributed by atoms with Gasteiger partial charge in [-0.1, -0.05) is 11.6 Å². The fourth-order valence-corrected chi connectivity index (χ4v) is 6.23. The summed E-state index contributed by atoms with van der Waals surface area (Å²) in [5.41, 5.74) is 12.4. The van der Waals surface area contributed by atoms with E-state index in [4.69, 9.17) is 16.6 Å². The summed E-state index contributed by atoms with van der Waals surface area (Å²) in [5.74, 6) is -0.128. The number of rotatable bonds is 9. The number of piperidine rings is 1. The number of sulfonamides is 2. The Morgan fingerprint density at radius 2 is 1.91 bits per heavy atom. The van der Waals surface area contributed by atoms with Gasteiger partial charge in [0.05, 0.1) is 11.7 Å². The Kier molecular flexibility index (Phi) is 7.78. The highest BCUT2D eigenvalue weighted by Crippen LogP contribution is 2.39. The van der Waals surface area contributed by atoms with Crippen molar-refractivity contribution >= 4 is 25.7 Å². The van der Waals surface area contributed by atoms with E-state index in [1.807, 2.05) is 11.0 Å². The van der Waals surface area contributed by atoms with Crippen molar-refractivity contribution in [3.8, 4) is 11.4 Å². The lowest BCUT2D eigenvalue weighted by atomic mass is 10.0. The molecule has 0 unspecified atom stereocenters. The average molecular weight is 502 g/mol. The lowest BCUT2D eigenvalue weighted by molar-refractivity contribution is 0.186. The molecule has 0 saturated carbocycles. The number of aliphatic hydroxyl groups excluding tert-OH is 1. The molecule has 2 heterocycles. The number of nitrogens with one attached hydrogen (secondary N) is 2. The van der Waals surface area contributed by atoms with Gasteiger partial charge in [-0.3, -0.25) is 0 Å². The number of nitrogens with zero attached hydrogens (tertiary/aromatic N) is 4. The first-order valence-electron chi connectivity index (χ1n) is 10.0. The fourth-order valence-electron chi connectivity index (χ4n) is 3.57. The van der Waals surface area contributed by atoms with Crippen LogP contribution in [0.15, 0.2) is 33.6 Å². The number of primary sulfonamides is 1. The summed E-state index contributed by atoms with van der Waals surface area (Å²) in [6.45, 7) is 0.900. The summed E-state index contributed by atoms with van der Waals surface area (Å²) in [4.78, 5) is 0.633. The Morgan fingerprint density at radius 1 is 1.21 bits per heavy atom. The zero-order chi connectivity index (χ0) is 24.2. The van der Waals surface area contributed by atoms with Gasteiger partial charge in [0, 0.05) is 38.4 Å². The predicted molar refractivity (Wildman–Crippen MR) is 120 cm³/mol. The maximum atomic E-state index is 13.0. The Hall–Kier alpha value is -2.47. The quantitative estimate of drug-likeness (QED) is 0.198. The number of aliphatic hydroxyl groups is 1. The maximum absolute atomic E-state index is 13.0. The number of benzene rings is 1. The fraction of sp³-hybridized carbons (Fsp3) is 0.471. The molecule has 0 amide bonds. The summed E-state index contributed by atoms with van der Waals surface area (Å²) < 4.78 is 53.4. The molecule has 14 nitrogen and oxygen atoms in total. The van der Waals surface area contributed by atoms with E-state index in [-0.39, 0.29) is 17.9 Å². The average Bonchev–Trinajstić information content (AvgIpc) is 3.31. The first-order valence-corrected chi connectivity index (χ1v) is 13.1. The third-order valence-corrected chi connectivity index (χ3v) is 7.76. The molecular formula is C17H27N9O5S2. The van der Waals surface area contributed by atoms with Crippen molar-refractivity contribution in [2.24, 2.45) is 16.6 Å². The van der Waals surface area contributed by atoms with Crippen molar-refractivity contribution < 1.29 is 21.9 Å². The van der Waals surface area contributed by atoms with E-state index in [0.717, 1.165) is 6.07 Å². The third kappa shape index (κ3) is 5.72. The monoisotopic (exact) mass is 501 g/mol. The van der Waals surface area contributed by atoms with Crippen LogP contribution in [-0.4, -0.2) is 81.4 Å². The van der Waals surface area contributed by atoms with Gasteiger partial charge in [-0.05, 0) is 30.2 Å². The molecule has 9 N–H and O–H groups in total. The highest BCUT2D eigenvalue weighted by atomic mass is 32.2. The molecule has 0 radical (unpaired) electrons. The zero-order valence-corrected chi connectivity index (χ0v) is 19.3. The number of hydrogen-bond donors (Lipinski definition) is 6. The van der Waals surface area contributed by atoms with E-state index < -0.39 is 42.5 Å². The number of H-pyrrole nitrogens is 1. The Morgan fingerprint density at radius 3 is 2.45 bits per heavy atom. The van der Waals surface area contributed by atoms with Gasteiger partial charge < -0.3 is 21.5 Å². The normalized spacial score (nSPS) is 16.1. The van der Waals surface area contributed by atoms with Gasteiger partial charge in [0.15, 0.2) is 0 Å². The molecule has 2 aromatic rings. The predicted octanol–water partition coefficient (Wildman–Crippen LogP) is -2.40. The van der Waals surface area contributed by atoms with E-state index in [9.17, 15) is 21.9 Å². The summed E-state index contributed by atoms with van der Waals surface area (Å²) in [7, 11) is -8.99. The second-order valence-corrected chi connectivity index (χ2v) is 10.6.